The van der Waals surface area contributed by atoms with E-state index in [4.69, 9.17) is 32.7 Å². The van der Waals surface area contributed by atoms with Crippen LogP contribution in [0.3, 0.4) is 0 Å². The van der Waals surface area contributed by atoms with E-state index >= 15 is 0 Å². The van der Waals surface area contributed by atoms with E-state index in [2.05, 4.69) is 30.2 Å². The molecule has 1 aliphatic heterocycles. The van der Waals surface area contributed by atoms with E-state index < -0.39 is 5.97 Å². The minimum absolute atomic E-state index is 0.0709. The Hall–Kier alpha value is -2.89. The average molecular weight is 539 g/mol. The number of anilines is 1. The summed E-state index contributed by atoms with van der Waals surface area (Å²) in [6, 6.07) is 1.55. The Morgan fingerprint density at radius 3 is 2.66 bits per heavy atom. The lowest BCUT2D eigenvalue weighted by molar-refractivity contribution is 0.0606. The zero-order chi connectivity index (χ0) is 25.3. The molecule has 1 fully saturated rings. The quantitative estimate of drug-likeness (QED) is 0.451. The van der Waals surface area contributed by atoms with E-state index in [0.29, 0.717) is 51.8 Å². The Balaban J connectivity index is 1.52. The normalized spacial score (nSPS) is 17.8. The predicted octanol–water partition coefficient (Wildman–Crippen LogP) is 3.98. The number of esters is 1. The summed E-state index contributed by atoms with van der Waals surface area (Å²) in [5, 5.41) is 4.27. The number of aromatic nitrogens is 4. The zero-order valence-corrected chi connectivity index (χ0v) is 21.8. The van der Waals surface area contributed by atoms with Gasteiger partial charge in [0.05, 0.1) is 24.3 Å². The van der Waals surface area contributed by atoms with E-state index in [1.165, 1.54) is 25.6 Å². The first-order valence-electron chi connectivity index (χ1n) is 10.8. The number of carbonyl (C=O) groups is 2. The highest BCUT2D eigenvalue weighted by atomic mass is 35.5. The average Bonchev–Trinajstić information content (AvgIpc) is 3.42. The lowest BCUT2D eigenvalue weighted by Crippen LogP contribution is -2.50. The molecule has 10 nitrogen and oxygen atoms in total. The second-order valence-electron chi connectivity index (χ2n) is 8.13. The second kappa shape index (κ2) is 10.4. The van der Waals surface area contributed by atoms with E-state index in [1.54, 1.807) is 19.2 Å². The molecule has 2 N–H and O–H groups in total. The van der Waals surface area contributed by atoms with Crippen LogP contribution in [0.1, 0.15) is 39.2 Å². The fourth-order valence-corrected chi connectivity index (χ4v) is 5.33. The van der Waals surface area contributed by atoms with Gasteiger partial charge in [0.15, 0.2) is 11.0 Å². The highest BCUT2D eigenvalue weighted by Crippen LogP contribution is 2.35. The predicted molar refractivity (Wildman–Crippen MR) is 134 cm³/mol. The highest BCUT2D eigenvalue weighted by Gasteiger charge is 2.32. The molecule has 3 aromatic rings. The van der Waals surface area contributed by atoms with Crippen molar-refractivity contribution < 1.29 is 19.1 Å². The molecule has 35 heavy (non-hydrogen) atoms. The maximum absolute atomic E-state index is 12.8. The molecule has 0 radical (unpaired) electrons. The molecule has 1 aliphatic rings. The monoisotopic (exact) mass is 538 g/mol. The van der Waals surface area contributed by atoms with Crippen molar-refractivity contribution in [3.8, 4) is 17.4 Å². The van der Waals surface area contributed by atoms with Crippen molar-refractivity contribution in [1.82, 2.24) is 25.3 Å². The summed E-state index contributed by atoms with van der Waals surface area (Å²) in [6.45, 7) is 5.05. The molecule has 4 rings (SSSR count). The zero-order valence-electron chi connectivity index (χ0n) is 19.5. The van der Waals surface area contributed by atoms with Gasteiger partial charge in [-0.2, -0.15) is 4.98 Å². The lowest BCUT2D eigenvalue weighted by atomic mass is 9.94. The molecule has 3 aromatic heterocycles. The van der Waals surface area contributed by atoms with Crippen molar-refractivity contribution in [2.24, 2.45) is 5.92 Å². The largest absolute Gasteiger partial charge is 0.481 e. The maximum atomic E-state index is 12.8. The van der Waals surface area contributed by atoms with Gasteiger partial charge in [0, 0.05) is 37.1 Å². The summed E-state index contributed by atoms with van der Waals surface area (Å²) in [4.78, 5) is 43.8. The number of amides is 1. The molecule has 0 saturated carbocycles. The van der Waals surface area contributed by atoms with Crippen LogP contribution in [0.5, 0.6) is 5.88 Å². The number of nitrogens with zero attached hydrogens (tertiary/aromatic N) is 4. The number of aromatic amines is 1. The van der Waals surface area contributed by atoms with Gasteiger partial charge in [-0.25, -0.2) is 14.8 Å². The Bertz CT molecular complexity index is 1260. The third-order valence-electron chi connectivity index (χ3n) is 5.81. The number of carbonyl (C=O) groups excluding carboxylic acids is 2. The van der Waals surface area contributed by atoms with Crippen LogP contribution < -0.4 is 15.0 Å². The van der Waals surface area contributed by atoms with Gasteiger partial charge in [-0.3, -0.25) is 4.79 Å². The first-order chi connectivity index (χ1) is 16.7. The van der Waals surface area contributed by atoms with Gasteiger partial charge in [-0.15, -0.1) is 0 Å². The van der Waals surface area contributed by atoms with Gasteiger partial charge in [-0.1, -0.05) is 41.5 Å². The number of hydrogen-bond donors (Lipinski definition) is 2. The number of methoxy groups -OCH3 is 2. The van der Waals surface area contributed by atoms with Crippen LogP contribution >= 0.6 is 34.5 Å². The fourth-order valence-electron chi connectivity index (χ4n) is 3.90. The van der Waals surface area contributed by atoms with Crippen LogP contribution in [-0.2, 0) is 4.74 Å². The van der Waals surface area contributed by atoms with E-state index in [-0.39, 0.29) is 34.4 Å². The maximum Gasteiger partial charge on any atom is 0.350 e. The number of aryl methyl sites for hydroxylation is 1. The van der Waals surface area contributed by atoms with Crippen molar-refractivity contribution in [2.45, 2.75) is 26.3 Å². The number of hydrogen-bond acceptors (Lipinski definition) is 9. The van der Waals surface area contributed by atoms with Crippen LogP contribution in [-0.4, -0.2) is 65.2 Å². The summed E-state index contributed by atoms with van der Waals surface area (Å²) >= 11 is 13.5. The van der Waals surface area contributed by atoms with Crippen molar-refractivity contribution in [2.75, 3.05) is 32.2 Å². The SMILES string of the molecule is COC(=O)c1sc(N2CC[C@@H](NC(=O)c3[nH]c(C)c(Cl)c3Cl)[C@@H](C)C2)nc1-c1nccc(OC)n1. The number of thiazole rings is 1. The molecule has 2 atom stereocenters. The van der Waals surface area contributed by atoms with E-state index in [1.807, 2.05) is 6.92 Å². The molecular formula is C22H24Cl2N6O4S. The molecule has 0 bridgehead atoms. The van der Waals surface area contributed by atoms with Gasteiger partial charge in [-0.05, 0) is 19.3 Å². The number of ether oxygens (including phenoxy) is 2. The molecule has 0 spiro atoms. The van der Waals surface area contributed by atoms with Gasteiger partial charge in [0.25, 0.3) is 5.91 Å². The third-order valence-corrected chi connectivity index (χ3v) is 7.85. The molecular weight excluding hydrogens is 515 g/mol. The first kappa shape index (κ1) is 25.2. The van der Waals surface area contributed by atoms with Gasteiger partial charge in [0.2, 0.25) is 5.88 Å². The summed E-state index contributed by atoms with van der Waals surface area (Å²) in [7, 11) is 2.82. The fraction of sp³-hybridized carbons (Fsp3) is 0.409. The number of halogens is 2. The molecule has 186 valence electrons. The van der Waals surface area contributed by atoms with E-state index in [0.717, 1.165) is 0 Å². The first-order valence-corrected chi connectivity index (χ1v) is 12.4. The van der Waals surface area contributed by atoms with Gasteiger partial charge < -0.3 is 24.7 Å². The summed E-state index contributed by atoms with van der Waals surface area (Å²) < 4.78 is 10.1. The number of rotatable bonds is 6. The van der Waals surface area contributed by atoms with Crippen molar-refractivity contribution >= 4 is 51.5 Å². The van der Waals surface area contributed by atoms with Crippen LogP contribution in [0.2, 0.25) is 10.0 Å². The Morgan fingerprint density at radius 2 is 2.03 bits per heavy atom. The van der Waals surface area contributed by atoms with Crippen LogP contribution in [0, 0.1) is 12.8 Å². The van der Waals surface area contributed by atoms with Crippen molar-refractivity contribution in [3.63, 3.8) is 0 Å². The van der Waals surface area contributed by atoms with Crippen LogP contribution in [0.15, 0.2) is 12.3 Å². The minimum atomic E-state index is -0.512. The topological polar surface area (TPSA) is 122 Å². The Kier molecular flexibility index (Phi) is 7.48. The van der Waals surface area contributed by atoms with E-state index in [9.17, 15) is 9.59 Å². The highest BCUT2D eigenvalue weighted by molar-refractivity contribution is 7.17. The molecule has 13 heteroatoms. The van der Waals surface area contributed by atoms with Gasteiger partial charge in [0.1, 0.15) is 16.3 Å². The standard InChI is InChI=1S/C22H24Cl2N6O4S/c1-10-9-30(8-6-12(10)27-20(31)16-15(24)14(23)11(2)26-16)22-29-17(18(35-22)21(32)34-4)19-25-7-5-13(28-19)33-3/h5,7,10,12,26H,6,8-9H2,1-4H3,(H,27,31)/t10-,12+/m0/s1. The smallest absolute Gasteiger partial charge is 0.350 e. The summed E-state index contributed by atoms with van der Waals surface area (Å²) in [5.74, 6) is -0.0689. The van der Waals surface area contributed by atoms with Crippen LogP contribution in [0.4, 0.5) is 5.13 Å². The van der Waals surface area contributed by atoms with Gasteiger partial charge >= 0.3 is 5.97 Å². The third kappa shape index (κ3) is 5.07. The molecule has 1 saturated heterocycles. The number of H-pyrrole nitrogens is 1. The Labute approximate surface area is 216 Å². The number of piperidine rings is 1. The molecule has 0 aromatic carbocycles. The summed E-state index contributed by atoms with van der Waals surface area (Å²) in [6.07, 6.45) is 2.22. The molecule has 0 unspecified atom stereocenters. The number of nitrogens with one attached hydrogen (secondary N) is 2. The minimum Gasteiger partial charge on any atom is -0.481 e. The lowest BCUT2D eigenvalue weighted by Gasteiger charge is -2.37. The molecule has 4 heterocycles. The molecule has 0 aliphatic carbocycles. The second-order valence-corrected chi connectivity index (χ2v) is 9.87. The van der Waals surface area contributed by atoms with Crippen molar-refractivity contribution in [1.29, 1.82) is 0 Å². The molecule has 1 amide bonds. The van der Waals surface area contributed by atoms with Crippen LogP contribution in [0.25, 0.3) is 11.5 Å². The summed E-state index contributed by atoms with van der Waals surface area (Å²) in [5.41, 5.74) is 1.24. The Morgan fingerprint density at radius 1 is 1.26 bits per heavy atom. The van der Waals surface area contributed by atoms with Crippen molar-refractivity contribution in [3.05, 3.63) is 38.6 Å².